The Balaban J connectivity index is 1.44. The molecule has 3 aromatic carbocycles. The second kappa shape index (κ2) is 13.5. The number of carbonyl (C=O) groups is 2. The van der Waals surface area contributed by atoms with Gasteiger partial charge in [0, 0.05) is 6.08 Å². The summed E-state index contributed by atoms with van der Waals surface area (Å²) in [6.07, 6.45) is 4.79. The highest BCUT2D eigenvalue weighted by atomic mass is 16.5. The molecule has 6 nitrogen and oxygen atoms in total. The fraction of sp³-hybridized carbons (Fsp3) is 0.233. The molecular weight excluding hydrogens is 454 g/mol. The van der Waals surface area contributed by atoms with Crippen LogP contribution in [-0.4, -0.2) is 25.2 Å². The van der Waals surface area contributed by atoms with Gasteiger partial charge in [-0.25, -0.2) is 9.59 Å². The summed E-state index contributed by atoms with van der Waals surface area (Å²) in [4.78, 5) is 23.5. The zero-order chi connectivity index (χ0) is 25.8. The summed E-state index contributed by atoms with van der Waals surface area (Å²) in [5.41, 5.74) is 4.02. The van der Waals surface area contributed by atoms with E-state index in [0.29, 0.717) is 35.8 Å². The molecule has 0 saturated carbocycles. The van der Waals surface area contributed by atoms with Gasteiger partial charge in [0.15, 0.2) is 0 Å². The van der Waals surface area contributed by atoms with E-state index in [2.05, 4.69) is 12.6 Å². The van der Waals surface area contributed by atoms with E-state index in [-0.39, 0.29) is 0 Å². The van der Waals surface area contributed by atoms with Gasteiger partial charge in [0.2, 0.25) is 0 Å². The van der Waals surface area contributed by atoms with Crippen LogP contribution in [0, 0.1) is 18.3 Å². The molecule has 0 saturated heterocycles. The number of aryl methyl sites for hydroxylation is 1. The van der Waals surface area contributed by atoms with Crippen molar-refractivity contribution in [1.82, 2.24) is 0 Å². The van der Waals surface area contributed by atoms with Crippen LogP contribution >= 0.6 is 0 Å². The highest BCUT2D eigenvalue weighted by Crippen LogP contribution is 2.27. The van der Waals surface area contributed by atoms with Gasteiger partial charge in [0.05, 0.1) is 30.4 Å². The maximum absolute atomic E-state index is 12.6. The quantitative estimate of drug-likeness (QED) is 0.128. The Hall–Kier alpha value is -4.37. The summed E-state index contributed by atoms with van der Waals surface area (Å²) in [6, 6.07) is 21.9. The molecule has 0 radical (unpaired) electrons. The van der Waals surface area contributed by atoms with Crippen LogP contribution in [0.4, 0.5) is 0 Å². The summed E-state index contributed by atoms with van der Waals surface area (Å²) in [5, 5.41) is 8.96. The average molecular weight is 484 g/mol. The van der Waals surface area contributed by atoms with Gasteiger partial charge in [-0.1, -0.05) is 24.8 Å². The molecule has 0 aliphatic carbocycles. The zero-order valence-corrected chi connectivity index (χ0v) is 20.4. The van der Waals surface area contributed by atoms with Gasteiger partial charge in [0.25, 0.3) is 0 Å². The van der Waals surface area contributed by atoms with E-state index < -0.39 is 11.9 Å². The second-order valence-corrected chi connectivity index (χ2v) is 8.21. The van der Waals surface area contributed by atoms with Crippen LogP contribution in [0.1, 0.15) is 47.2 Å². The third kappa shape index (κ3) is 7.85. The van der Waals surface area contributed by atoms with Crippen molar-refractivity contribution >= 4 is 11.9 Å². The lowest BCUT2D eigenvalue weighted by Crippen LogP contribution is -2.08. The molecule has 0 spiro atoms. The minimum absolute atomic E-state index is 0.390. The molecule has 0 heterocycles. The van der Waals surface area contributed by atoms with Gasteiger partial charge in [-0.2, -0.15) is 5.26 Å². The third-order valence-electron chi connectivity index (χ3n) is 5.54. The maximum atomic E-state index is 12.6. The summed E-state index contributed by atoms with van der Waals surface area (Å²) < 4.78 is 16.2. The Morgan fingerprint density at radius 2 is 1.56 bits per heavy atom. The number of unbranched alkanes of at least 4 members (excludes halogenated alkanes) is 3. The number of hydrogen-bond donors (Lipinski definition) is 0. The summed E-state index contributed by atoms with van der Waals surface area (Å²) in [5.74, 6) is 0.325. The number of ether oxygens (including phenoxy) is 3. The number of benzene rings is 3. The lowest BCUT2D eigenvalue weighted by atomic mass is 9.99. The van der Waals surface area contributed by atoms with Crippen molar-refractivity contribution in [2.24, 2.45) is 0 Å². The fourth-order valence-electron chi connectivity index (χ4n) is 3.58. The van der Waals surface area contributed by atoms with Crippen molar-refractivity contribution in [3.8, 4) is 28.7 Å². The van der Waals surface area contributed by atoms with Crippen molar-refractivity contribution in [2.75, 3.05) is 13.2 Å². The Morgan fingerprint density at radius 1 is 0.889 bits per heavy atom. The van der Waals surface area contributed by atoms with Gasteiger partial charge >= 0.3 is 11.9 Å². The van der Waals surface area contributed by atoms with Gasteiger partial charge in [-0.3, -0.25) is 0 Å². The molecule has 0 atom stereocenters. The molecular formula is C30H29NO5. The third-order valence-corrected chi connectivity index (χ3v) is 5.54. The Kier molecular flexibility index (Phi) is 9.84. The van der Waals surface area contributed by atoms with E-state index in [1.807, 2.05) is 31.2 Å². The zero-order valence-electron chi connectivity index (χ0n) is 20.4. The van der Waals surface area contributed by atoms with Crippen LogP contribution < -0.4 is 9.47 Å². The minimum atomic E-state index is -0.441. The SMILES string of the molecule is C=CC(=O)OCCCCCCOc1ccc(C(=O)Oc2ccc(-c3ccc(C#N)cc3)c(C)c2)cc1. The second-order valence-electron chi connectivity index (χ2n) is 8.21. The van der Waals surface area contributed by atoms with Gasteiger partial charge < -0.3 is 14.2 Å². The van der Waals surface area contributed by atoms with E-state index in [4.69, 9.17) is 19.5 Å². The first kappa shape index (κ1) is 26.2. The lowest BCUT2D eigenvalue weighted by molar-refractivity contribution is -0.137. The predicted octanol–water partition coefficient (Wildman–Crippen LogP) is 6.42. The Labute approximate surface area is 211 Å². The van der Waals surface area contributed by atoms with Crippen molar-refractivity contribution in [2.45, 2.75) is 32.6 Å². The maximum Gasteiger partial charge on any atom is 0.343 e. The van der Waals surface area contributed by atoms with Crippen LogP contribution in [0.25, 0.3) is 11.1 Å². The molecule has 0 aromatic heterocycles. The highest BCUT2D eigenvalue weighted by molar-refractivity contribution is 5.91. The molecule has 0 bridgehead atoms. The van der Waals surface area contributed by atoms with Gasteiger partial charge in [-0.05, 0) is 97.8 Å². The molecule has 36 heavy (non-hydrogen) atoms. The first-order valence-corrected chi connectivity index (χ1v) is 11.9. The fourth-order valence-corrected chi connectivity index (χ4v) is 3.58. The lowest BCUT2D eigenvalue weighted by Gasteiger charge is -2.10. The predicted molar refractivity (Wildman–Crippen MR) is 138 cm³/mol. The normalized spacial score (nSPS) is 10.2. The Morgan fingerprint density at radius 3 is 2.19 bits per heavy atom. The highest BCUT2D eigenvalue weighted by Gasteiger charge is 2.11. The molecule has 0 fully saturated rings. The van der Waals surface area contributed by atoms with E-state index in [1.54, 1.807) is 42.5 Å². The number of carbonyl (C=O) groups excluding carboxylic acids is 2. The molecule has 0 unspecified atom stereocenters. The van der Waals surface area contributed by atoms with Crippen molar-refractivity contribution in [1.29, 1.82) is 5.26 Å². The van der Waals surface area contributed by atoms with Crippen molar-refractivity contribution < 1.29 is 23.8 Å². The van der Waals surface area contributed by atoms with Crippen LogP contribution in [0.2, 0.25) is 0 Å². The van der Waals surface area contributed by atoms with Crippen molar-refractivity contribution in [3.05, 3.63) is 96.1 Å². The molecule has 0 aliphatic rings. The van der Waals surface area contributed by atoms with Gasteiger partial charge in [0.1, 0.15) is 11.5 Å². The molecule has 6 heteroatoms. The summed E-state index contributed by atoms with van der Waals surface area (Å²) >= 11 is 0. The first-order chi connectivity index (χ1) is 17.5. The summed E-state index contributed by atoms with van der Waals surface area (Å²) in [7, 11) is 0. The average Bonchev–Trinajstić information content (AvgIpc) is 2.90. The van der Waals surface area contributed by atoms with E-state index in [9.17, 15) is 9.59 Å². The molecule has 0 N–H and O–H groups in total. The minimum Gasteiger partial charge on any atom is -0.494 e. The first-order valence-electron chi connectivity index (χ1n) is 11.9. The molecule has 0 aliphatic heterocycles. The molecule has 0 amide bonds. The number of nitriles is 1. The van der Waals surface area contributed by atoms with Crippen molar-refractivity contribution in [3.63, 3.8) is 0 Å². The number of esters is 2. The number of rotatable bonds is 12. The summed E-state index contributed by atoms with van der Waals surface area (Å²) in [6.45, 7) is 6.29. The van der Waals surface area contributed by atoms with Crippen LogP contribution in [-0.2, 0) is 9.53 Å². The van der Waals surface area contributed by atoms with E-state index in [0.717, 1.165) is 48.4 Å². The van der Waals surface area contributed by atoms with Crippen LogP contribution in [0.3, 0.4) is 0 Å². The van der Waals surface area contributed by atoms with Crippen LogP contribution in [0.5, 0.6) is 11.5 Å². The number of hydrogen-bond acceptors (Lipinski definition) is 6. The van der Waals surface area contributed by atoms with E-state index in [1.165, 1.54) is 0 Å². The Bertz CT molecular complexity index is 1220. The van der Waals surface area contributed by atoms with Crippen LogP contribution in [0.15, 0.2) is 79.4 Å². The number of nitrogens with zero attached hydrogens (tertiary/aromatic N) is 1. The standard InChI is InChI=1S/C30H29NO5/c1-3-29(32)35-19-7-5-4-6-18-34-26-14-12-25(13-15-26)30(33)36-27-16-17-28(22(2)20-27)24-10-8-23(21-31)9-11-24/h3,8-17,20H,1,4-7,18-19H2,2H3. The molecule has 3 rings (SSSR count). The van der Waals surface area contributed by atoms with Gasteiger partial charge in [-0.15, -0.1) is 0 Å². The smallest absolute Gasteiger partial charge is 0.343 e. The molecule has 3 aromatic rings. The topological polar surface area (TPSA) is 85.6 Å². The molecule has 184 valence electrons. The van der Waals surface area contributed by atoms with E-state index >= 15 is 0 Å². The largest absolute Gasteiger partial charge is 0.494 e. The monoisotopic (exact) mass is 483 g/mol.